The van der Waals surface area contributed by atoms with E-state index in [2.05, 4.69) is 5.32 Å². The van der Waals surface area contributed by atoms with Gasteiger partial charge in [0.05, 0.1) is 12.5 Å². The van der Waals surface area contributed by atoms with Crippen LogP contribution < -0.4 is 5.32 Å². The number of carbonyl (C=O) groups excluding carboxylic acids is 3. The largest absolute Gasteiger partial charge is 0.508 e. The molecule has 1 aliphatic carbocycles. The molecule has 1 unspecified atom stereocenters. The molecule has 196 valence electrons. The van der Waals surface area contributed by atoms with Crippen molar-refractivity contribution in [2.24, 2.45) is 0 Å². The number of benzene rings is 2. The normalized spacial score (nSPS) is 15.0. The number of anilines is 1. The van der Waals surface area contributed by atoms with Gasteiger partial charge in [-0.15, -0.1) is 0 Å². The highest BCUT2D eigenvalue weighted by atomic mass is 16.6. The van der Waals surface area contributed by atoms with Crippen molar-refractivity contribution < 1.29 is 29.0 Å². The van der Waals surface area contributed by atoms with Crippen molar-refractivity contribution in [2.75, 3.05) is 19.0 Å². The Labute approximate surface area is 217 Å². The number of carbonyl (C=O) groups is 3. The molecule has 3 rings (SSSR count). The monoisotopic (exact) mass is 506 g/mol. The molecule has 8 heteroatoms. The van der Waals surface area contributed by atoms with E-state index in [1.807, 2.05) is 18.2 Å². The second kappa shape index (κ2) is 12.4. The van der Waals surface area contributed by atoms with E-state index in [1.165, 1.54) is 17.0 Å². The van der Waals surface area contributed by atoms with Crippen LogP contribution in [0.1, 0.15) is 49.5 Å². The van der Waals surface area contributed by atoms with E-state index >= 15 is 0 Å². The third-order valence-corrected chi connectivity index (χ3v) is 5.56. The molecule has 0 fully saturated rings. The fourth-order valence-electron chi connectivity index (χ4n) is 3.77. The molecule has 0 heterocycles. The number of esters is 1. The van der Waals surface area contributed by atoms with Gasteiger partial charge in [-0.25, -0.2) is 0 Å². The molecule has 37 heavy (non-hydrogen) atoms. The molecule has 2 aromatic carbocycles. The lowest BCUT2D eigenvalue weighted by molar-refractivity contribution is -0.155. The molecule has 2 aromatic rings. The van der Waals surface area contributed by atoms with Gasteiger partial charge < -0.3 is 24.8 Å². The predicted octanol–water partition coefficient (Wildman–Crippen LogP) is 4.61. The van der Waals surface area contributed by atoms with E-state index in [-0.39, 0.29) is 43.2 Å². The van der Waals surface area contributed by atoms with Crippen LogP contribution in [0.15, 0.2) is 72.3 Å². The molecule has 1 atom stereocenters. The van der Waals surface area contributed by atoms with Gasteiger partial charge in [0.15, 0.2) is 0 Å². The predicted molar refractivity (Wildman–Crippen MR) is 141 cm³/mol. The maximum atomic E-state index is 13.3. The molecule has 2 amide bonds. The van der Waals surface area contributed by atoms with Crippen LogP contribution in [-0.4, -0.2) is 53.1 Å². The standard InChI is InChI=1S/C29H34N2O6/c1-29(2,3)37-27(34)19-31(18-21-5-13-24(32)14-6-21)28(35)22-9-11-23(12-10-22)30-26(33)17-20-7-15-25(36-4)16-8-20/h5-15,25,32H,16-19H2,1-4H3,(H,30,33). The van der Waals surface area contributed by atoms with Gasteiger partial charge in [-0.2, -0.15) is 0 Å². The van der Waals surface area contributed by atoms with Crippen LogP contribution >= 0.6 is 0 Å². The summed E-state index contributed by atoms with van der Waals surface area (Å²) >= 11 is 0. The van der Waals surface area contributed by atoms with Crippen LogP contribution in [-0.2, 0) is 25.6 Å². The average molecular weight is 507 g/mol. The number of phenolic OH excluding ortho intramolecular Hbond substituents is 1. The van der Waals surface area contributed by atoms with Gasteiger partial charge in [-0.3, -0.25) is 14.4 Å². The van der Waals surface area contributed by atoms with E-state index < -0.39 is 11.6 Å². The highest BCUT2D eigenvalue weighted by molar-refractivity contribution is 5.97. The van der Waals surface area contributed by atoms with Gasteiger partial charge in [0.1, 0.15) is 17.9 Å². The molecule has 0 radical (unpaired) electrons. The number of phenols is 1. The topological polar surface area (TPSA) is 105 Å². The Bertz CT molecular complexity index is 1160. The molecule has 0 aromatic heterocycles. The summed E-state index contributed by atoms with van der Waals surface area (Å²) in [7, 11) is 1.65. The van der Waals surface area contributed by atoms with Crippen molar-refractivity contribution in [3.8, 4) is 5.75 Å². The summed E-state index contributed by atoms with van der Waals surface area (Å²) in [6, 6.07) is 13.0. The zero-order valence-corrected chi connectivity index (χ0v) is 21.7. The number of hydrogen-bond acceptors (Lipinski definition) is 6. The second-order valence-corrected chi connectivity index (χ2v) is 9.86. The summed E-state index contributed by atoms with van der Waals surface area (Å²) in [6.45, 7) is 5.22. The quantitative estimate of drug-likeness (QED) is 0.482. The summed E-state index contributed by atoms with van der Waals surface area (Å²) < 4.78 is 10.7. The third-order valence-electron chi connectivity index (χ3n) is 5.56. The van der Waals surface area contributed by atoms with Gasteiger partial charge in [0, 0.05) is 24.9 Å². The minimum atomic E-state index is -0.681. The van der Waals surface area contributed by atoms with Crippen molar-refractivity contribution in [3.05, 3.63) is 83.5 Å². The van der Waals surface area contributed by atoms with Gasteiger partial charge in [-0.1, -0.05) is 30.4 Å². The number of aromatic hydroxyl groups is 1. The fourth-order valence-corrected chi connectivity index (χ4v) is 3.77. The van der Waals surface area contributed by atoms with Gasteiger partial charge in [-0.05, 0) is 74.7 Å². The highest BCUT2D eigenvalue weighted by Gasteiger charge is 2.23. The fraction of sp³-hybridized carbons (Fsp3) is 0.345. The summed E-state index contributed by atoms with van der Waals surface area (Å²) in [5.74, 6) is -0.931. The first-order valence-corrected chi connectivity index (χ1v) is 12.1. The number of allylic oxidation sites excluding steroid dienone is 1. The second-order valence-electron chi connectivity index (χ2n) is 9.86. The first kappa shape index (κ1) is 27.7. The van der Waals surface area contributed by atoms with Crippen LogP contribution in [0.3, 0.4) is 0 Å². The van der Waals surface area contributed by atoms with E-state index in [0.717, 1.165) is 17.6 Å². The van der Waals surface area contributed by atoms with E-state index in [9.17, 15) is 19.5 Å². The van der Waals surface area contributed by atoms with Gasteiger partial charge in [0.25, 0.3) is 5.91 Å². The SMILES string of the molecule is COC1C=CC(CC(=O)Nc2ccc(C(=O)N(CC(=O)OC(C)(C)C)Cc3ccc(O)cc3)cc2)=CC1. The number of rotatable bonds is 9. The summed E-state index contributed by atoms with van der Waals surface area (Å²) in [5.41, 5.74) is 1.92. The van der Waals surface area contributed by atoms with Crippen molar-refractivity contribution in [3.63, 3.8) is 0 Å². The van der Waals surface area contributed by atoms with E-state index in [0.29, 0.717) is 11.3 Å². The molecule has 0 spiro atoms. The zero-order valence-electron chi connectivity index (χ0n) is 21.7. The molecule has 0 saturated heterocycles. The Hall–Kier alpha value is -3.91. The molecule has 0 bridgehead atoms. The summed E-state index contributed by atoms with van der Waals surface area (Å²) in [5, 5.41) is 12.4. The first-order valence-electron chi connectivity index (χ1n) is 12.1. The van der Waals surface area contributed by atoms with Crippen LogP contribution in [0, 0.1) is 0 Å². The number of ether oxygens (including phenoxy) is 2. The van der Waals surface area contributed by atoms with Crippen molar-refractivity contribution in [1.29, 1.82) is 0 Å². The van der Waals surface area contributed by atoms with Crippen LogP contribution in [0.25, 0.3) is 0 Å². The number of nitrogens with one attached hydrogen (secondary N) is 1. The lowest BCUT2D eigenvalue weighted by Crippen LogP contribution is -2.38. The van der Waals surface area contributed by atoms with E-state index in [1.54, 1.807) is 64.3 Å². The maximum Gasteiger partial charge on any atom is 0.326 e. The number of methoxy groups -OCH3 is 1. The summed E-state index contributed by atoms with van der Waals surface area (Å²) in [4.78, 5) is 39.7. The minimum absolute atomic E-state index is 0.0424. The first-order chi connectivity index (χ1) is 17.5. The van der Waals surface area contributed by atoms with Crippen molar-refractivity contribution in [1.82, 2.24) is 4.90 Å². The zero-order chi connectivity index (χ0) is 27.0. The molecular weight excluding hydrogens is 472 g/mol. The van der Waals surface area contributed by atoms with Crippen molar-refractivity contribution >= 4 is 23.5 Å². The Balaban J connectivity index is 1.66. The van der Waals surface area contributed by atoms with Crippen LogP contribution in [0.2, 0.25) is 0 Å². The van der Waals surface area contributed by atoms with E-state index in [4.69, 9.17) is 9.47 Å². The number of hydrogen-bond donors (Lipinski definition) is 2. The lowest BCUT2D eigenvalue weighted by atomic mass is 10.0. The number of amides is 2. The summed E-state index contributed by atoms with van der Waals surface area (Å²) in [6.07, 6.45) is 6.83. The Morgan fingerprint density at radius 1 is 1.05 bits per heavy atom. The Morgan fingerprint density at radius 2 is 1.73 bits per heavy atom. The van der Waals surface area contributed by atoms with Gasteiger partial charge >= 0.3 is 5.97 Å². The van der Waals surface area contributed by atoms with Crippen LogP contribution in [0.5, 0.6) is 5.75 Å². The Morgan fingerprint density at radius 3 is 2.30 bits per heavy atom. The van der Waals surface area contributed by atoms with Gasteiger partial charge in [0.2, 0.25) is 5.91 Å². The maximum absolute atomic E-state index is 13.3. The molecule has 0 saturated carbocycles. The molecule has 8 nitrogen and oxygen atoms in total. The molecule has 1 aliphatic rings. The molecule has 0 aliphatic heterocycles. The van der Waals surface area contributed by atoms with Crippen molar-refractivity contribution in [2.45, 2.75) is 51.9 Å². The molecule has 2 N–H and O–H groups in total. The highest BCUT2D eigenvalue weighted by Crippen LogP contribution is 2.19. The smallest absolute Gasteiger partial charge is 0.326 e. The average Bonchev–Trinajstić information content (AvgIpc) is 2.84. The minimum Gasteiger partial charge on any atom is -0.508 e. The number of nitrogens with zero attached hydrogens (tertiary/aromatic N) is 1. The Kier molecular flexibility index (Phi) is 9.25. The molecular formula is C29H34N2O6. The lowest BCUT2D eigenvalue weighted by Gasteiger charge is -2.25. The third kappa shape index (κ3) is 8.91. The van der Waals surface area contributed by atoms with Crippen LogP contribution in [0.4, 0.5) is 5.69 Å².